The van der Waals surface area contributed by atoms with Crippen molar-refractivity contribution < 1.29 is 9.84 Å². The van der Waals surface area contributed by atoms with E-state index in [0.29, 0.717) is 19.7 Å². The molecule has 0 aliphatic rings. The van der Waals surface area contributed by atoms with Gasteiger partial charge in [-0.05, 0) is 19.5 Å². The number of hydrogen-bond donors (Lipinski definition) is 2. The summed E-state index contributed by atoms with van der Waals surface area (Å²) in [4.78, 5) is 2.08. The number of rotatable bonds is 8. The Kier molecular flexibility index (Phi) is 6.62. The van der Waals surface area contributed by atoms with Crippen LogP contribution in [0.3, 0.4) is 0 Å². The fourth-order valence-electron chi connectivity index (χ4n) is 1.61. The molecule has 3 N–H and O–H groups in total. The van der Waals surface area contributed by atoms with Crippen LogP contribution in [0.25, 0.3) is 0 Å². The molecule has 0 bridgehead atoms. The fourth-order valence-corrected chi connectivity index (χ4v) is 1.61. The van der Waals surface area contributed by atoms with Crippen LogP contribution in [0, 0.1) is 0 Å². The Morgan fingerprint density at radius 2 is 2.06 bits per heavy atom. The second kappa shape index (κ2) is 8.06. The normalized spacial score (nSPS) is 10.8. The molecule has 0 radical (unpaired) electrons. The quantitative estimate of drug-likeness (QED) is 0.659. The number of likely N-dealkylation sites (N-methyl/N-ethyl adjacent to an activating group) is 1. The lowest BCUT2D eigenvalue weighted by Gasteiger charge is -2.15. The summed E-state index contributed by atoms with van der Waals surface area (Å²) in [6.45, 7) is 3.01. The molecule has 0 spiro atoms. The zero-order valence-electron chi connectivity index (χ0n) is 10.4. The first-order valence-corrected chi connectivity index (χ1v) is 5.98. The Bertz CT molecular complexity index is 318. The SMILES string of the molecule is CN(CCO)CCCOc1ccccc1CN. The van der Waals surface area contributed by atoms with E-state index in [4.69, 9.17) is 15.6 Å². The summed E-state index contributed by atoms with van der Waals surface area (Å²) in [6, 6.07) is 7.84. The van der Waals surface area contributed by atoms with Gasteiger partial charge in [0.05, 0.1) is 13.2 Å². The van der Waals surface area contributed by atoms with Crippen molar-refractivity contribution in [1.82, 2.24) is 4.90 Å². The van der Waals surface area contributed by atoms with Crippen LogP contribution in [0.2, 0.25) is 0 Å². The van der Waals surface area contributed by atoms with Crippen molar-refractivity contribution in [2.75, 3.05) is 33.4 Å². The van der Waals surface area contributed by atoms with Crippen LogP contribution < -0.4 is 10.5 Å². The highest BCUT2D eigenvalue weighted by atomic mass is 16.5. The third-order valence-electron chi connectivity index (χ3n) is 2.62. The monoisotopic (exact) mass is 238 g/mol. The van der Waals surface area contributed by atoms with Gasteiger partial charge < -0.3 is 20.5 Å². The van der Waals surface area contributed by atoms with Crippen LogP contribution >= 0.6 is 0 Å². The Morgan fingerprint density at radius 1 is 1.29 bits per heavy atom. The molecule has 96 valence electrons. The van der Waals surface area contributed by atoms with Crippen molar-refractivity contribution >= 4 is 0 Å². The third-order valence-corrected chi connectivity index (χ3v) is 2.62. The van der Waals surface area contributed by atoms with Crippen LogP contribution in [0.4, 0.5) is 0 Å². The van der Waals surface area contributed by atoms with E-state index in [0.717, 1.165) is 24.3 Å². The maximum Gasteiger partial charge on any atom is 0.123 e. The lowest BCUT2D eigenvalue weighted by atomic mass is 10.2. The van der Waals surface area contributed by atoms with Crippen LogP contribution in [0.5, 0.6) is 5.75 Å². The van der Waals surface area contributed by atoms with Crippen molar-refractivity contribution in [2.24, 2.45) is 5.73 Å². The predicted octanol–water partition coefficient (Wildman–Crippen LogP) is 0.838. The van der Waals surface area contributed by atoms with E-state index in [-0.39, 0.29) is 6.61 Å². The van der Waals surface area contributed by atoms with Crippen molar-refractivity contribution in [3.8, 4) is 5.75 Å². The van der Waals surface area contributed by atoms with Gasteiger partial charge in [0, 0.05) is 25.2 Å². The molecular weight excluding hydrogens is 216 g/mol. The number of nitrogens with two attached hydrogens (primary N) is 1. The second-order valence-electron chi connectivity index (χ2n) is 4.04. The largest absolute Gasteiger partial charge is 0.493 e. The molecule has 0 aliphatic carbocycles. The fraction of sp³-hybridized carbons (Fsp3) is 0.538. The number of nitrogens with zero attached hydrogens (tertiary/aromatic N) is 1. The molecule has 0 amide bonds. The maximum absolute atomic E-state index is 8.75. The maximum atomic E-state index is 8.75. The van der Waals surface area contributed by atoms with E-state index < -0.39 is 0 Å². The average Bonchev–Trinajstić information content (AvgIpc) is 2.35. The van der Waals surface area contributed by atoms with Crippen molar-refractivity contribution in [1.29, 1.82) is 0 Å². The molecule has 0 saturated carbocycles. The van der Waals surface area contributed by atoms with E-state index >= 15 is 0 Å². The van der Waals surface area contributed by atoms with Gasteiger partial charge >= 0.3 is 0 Å². The Labute approximate surface area is 103 Å². The topological polar surface area (TPSA) is 58.7 Å². The summed E-state index contributed by atoms with van der Waals surface area (Å²) in [7, 11) is 1.99. The summed E-state index contributed by atoms with van der Waals surface area (Å²) in [5.74, 6) is 0.875. The van der Waals surface area contributed by atoms with Gasteiger partial charge in [0.25, 0.3) is 0 Å². The van der Waals surface area contributed by atoms with Crippen LogP contribution in [-0.2, 0) is 6.54 Å². The predicted molar refractivity (Wildman–Crippen MR) is 69.0 cm³/mol. The van der Waals surface area contributed by atoms with Gasteiger partial charge in [-0.3, -0.25) is 0 Å². The molecule has 1 aromatic carbocycles. The molecule has 0 fully saturated rings. The van der Waals surface area contributed by atoms with Gasteiger partial charge in [0.2, 0.25) is 0 Å². The molecule has 1 rings (SSSR count). The first-order chi connectivity index (χ1) is 8.27. The summed E-state index contributed by atoms with van der Waals surface area (Å²) >= 11 is 0. The lowest BCUT2D eigenvalue weighted by molar-refractivity contribution is 0.207. The van der Waals surface area contributed by atoms with Gasteiger partial charge in [0.15, 0.2) is 0 Å². The van der Waals surface area contributed by atoms with Crippen LogP contribution in [0.1, 0.15) is 12.0 Å². The number of aliphatic hydroxyl groups is 1. The first kappa shape index (κ1) is 14.0. The Hall–Kier alpha value is -1.10. The van der Waals surface area contributed by atoms with E-state index in [1.165, 1.54) is 0 Å². The summed E-state index contributed by atoms with van der Waals surface area (Å²) in [6.07, 6.45) is 0.940. The summed E-state index contributed by atoms with van der Waals surface area (Å²) in [5, 5.41) is 8.75. The Morgan fingerprint density at radius 3 is 2.76 bits per heavy atom. The smallest absolute Gasteiger partial charge is 0.123 e. The third kappa shape index (κ3) is 5.17. The molecule has 0 aliphatic heterocycles. The molecule has 4 heteroatoms. The highest BCUT2D eigenvalue weighted by Crippen LogP contribution is 2.17. The van der Waals surface area contributed by atoms with Crippen molar-refractivity contribution in [3.05, 3.63) is 29.8 Å². The van der Waals surface area contributed by atoms with E-state index in [9.17, 15) is 0 Å². The summed E-state index contributed by atoms with van der Waals surface area (Å²) in [5.41, 5.74) is 6.66. The molecule has 17 heavy (non-hydrogen) atoms. The van der Waals surface area contributed by atoms with Crippen LogP contribution in [0.15, 0.2) is 24.3 Å². The number of para-hydroxylation sites is 1. The van der Waals surface area contributed by atoms with Gasteiger partial charge in [-0.15, -0.1) is 0 Å². The minimum Gasteiger partial charge on any atom is -0.493 e. The van der Waals surface area contributed by atoms with E-state index in [1.54, 1.807) is 0 Å². The molecule has 0 atom stereocenters. The number of benzene rings is 1. The van der Waals surface area contributed by atoms with Gasteiger partial charge in [-0.2, -0.15) is 0 Å². The zero-order chi connectivity index (χ0) is 12.5. The minimum atomic E-state index is 0.202. The van der Waals surface area contributed by atoms with E-state index in [1.807, 2.05) is 31.3 Å². The highest BCUT2D eigenvalue weighted by Gasteiger charge is 2.01. The molecule has 4 nitrogen and oxygen atoms in total. The molecular formula is C13H22N2O2. The van der Waals surface area contributed by atoms with Gasteiger partial charge in [-0.25, -0.2) is 0 Å². The van der Waals surface area contributed by atoms with Gasteiger partial charge in [-0.1, -0.05) is 18.2 Å². The zero-order valence-corrected chi connectivity index (χ0v) is 10.4. The van der Waals surface area contributed by atoms with E-state index in [2.05, 4.69) is 4.90 Å². The molecule has 0 unspecified atom stereocenters. The molecule has 0 saturated heterocycles. The molecule has 0 aromatic heterocycles. The van der Waals surface area contributed by atoms with Crippen molar-refractivity contribution in [3.63, 3.8) is 0 Å². The average molecular weight is 238 g/mol. The van der Waals surface area contributed by atoms with Crippen LogP contribution in [-0.4, -0.2) is 43.4 Å². The first-order valence-electron chi connectivity index (χ1n) is 5.98. The standard InChI is InChI=1S/C13H22N2O2/c1-15(8-9-16)7-4-10-17-13-6-3-2-5-12(13)11-14/h2-3,5-6,16H,4,7-11,14H2,1H3. The highest BCUT2D eigenvalue weighted by molar-refractivity contribution is 5.32. The molecule has 1 aromatic rings. The van der Waals surface area contributed by atoms with Crippen molar-refractivity contribution in [2.45, 2.75) is 13.0 Å². The molecule has 0 heterocycles. The lowest BCUT2D eigenvalue weighted by Crippen LogP contribution is -2.24. The Balaban J connectivity index is 2.26. The summed E-state index contributed by atoms with van der Waals surface area (Å²) < 4.78 is 5.69. The second-order valence-corrected chi connectivity index (χ2v) is 4.04. The van der Waals surface area contributed by atoms with Gasteiger partial charge in [0.1, 0.15) is 5.75 Å². The minimum absolute atomic E-state index is 0.202. The number of hydrogen-bond acceptors (Lipinski definition) is 4. The number of ether oxygens (including phenoxy) is 1. The number of aliphatic hydroxyl groups excluding tert-OH is 1.